The third-order valence-electron chi connectivity index (χ3n) is 2.17. The number of hydrogen-bond donors (Lipinski definition) is 1. The highest BCUT2D eigenvalue weighted by atomic mass is 32.2. The molecule has 2 unspecified atom stereocenters. The minimum Gasteiger partial charge on any atom is -0.335 e. The number of aromatic amines is 1. The van der Waals surface area contributed by atoms with Crippen LogP contribution in [0.1, 0.15) is 25.1 Å². The van der Waals surface area contributed by atoms with Gasteiger partial charge < -0.3 is 9.55 Å². The maximum absolute atomic E-state index is 10.9. The molecule has 3 nitrogen and oxygen atoms in total. The molecule has 2 atom stereocenters. The Kier molecular flexibility index (Phi) is 4.07. The van der Waals surface area contributed by atoms with E-state index >= 15 is 0 Å². The van der Waals surface area contributed by atoms with E-state index in [1.807, 2.05) is 17.7 Å². The second kappa shape index (κ2) is 4.89. The molecule has 1 heterocycles. The molecule has 0 saturated heterocycles. The minimum absolute atomic E-state index is 0.316. The van der Waals surface area contributed by atoms with Crippen molar-refractivity contribution < 1.29 is 4.21 Å². The lowest BCUT2D eigenvalue weighted by molar-refractivity contribution is 0.525. The van der Waals surface area contributed by atoms with Crippen LogP contribution < -0.4 is 0 Å². The van der Waals surface area contributed by atoms with Gasteiger partial charge in [0.05, 0.1) is 0 Å². The smallest absolute Gasteiger partial charge is 0.177 e. The maximum Gasteiger partial charge on any atom is 0.177 e. The molecule has 1 aromatic rings. The number of aryl methyl sites for hydroxylation is 1. The first-order chi connectivity index (χ1) is 6.50. The third-order valence-corrected chi connectivity index (χ3v) is 3.29. The lowest BCUT2D eigenvalue weighted by Gasteiger charge is -2.11. The van der Waals surface area contributed by atoms with Crippen molar-refractivity contribution in [1.82, 2.24) is 9.55 Å². The number of nitrogens with zero attached hydrogens (tertiary/aromatic N) is 1. The van der Waals surface area contributed by atoms with Crippen LogP contribution in [0.3, 0.4) is 0 Å². The lowest BCUT2D eigenvalue weighted by Crippen LogP contribution is -2.08. The first-order valence-corrected chi connectivity index (χ1v) is 6.72. The fraction of sp³-hybridized carbons (Fsp3) is 0.667. The molecule has 1 rings (SSSR count). The quantitative estimate of drug-likeness (QED) is 0.808. The minimum atomic E-state index is -0.717. The molecule has 0 amide bonds. The van der Waals surface area contributed by atoms with E-state index in [0.717, 1.165) is 22.6 Å². The van der Waals surface area contributed by atoms with Crippen molar-refractivity contribution in [2.45, 2.75) is 26.3 Å². The Balaban J connectivity index is 2.69. The molecule has 1 aromatic heterocycles. The van der Waals surface area contributed by atoms with Gasteiger partial charge >= 0.3 is 0 Å². The van der Waals surface area contributed by atoms with Gasteiger partial charge in [-0.15, -0.1) is 0 Å². The van der Waals surface area contributed by atoms with Crippen molar-refractivity contribution in [1.29, 1.82) is 0 Å². The molecule has 0 bridgehead atoms. The van der Waals surface area contributed by atoms with Gasteiger partial charge in [0.1, 0.15) is 0 Å². The SMILES string of the molecule is Cc1cn(C(C)CCS(C)=O)c(=S)[nH]1. The van der Waals surface area contributed by atoms with Gasteiger partial charge in [0.25, 0.3) is 0 Å². The van der Waals surface area contributed by atoms with E-state index in [1.165, 1.54) is 0 Å². The number of rotatable bonds is 4. The Bertz CT molecular complexity index is 380. The summed E-state index contributed by atoms with van der Waals surface area (Å²) < 4.78 is 13.7. The second-order valence-electron chi connectivity index (χ2n) is 3.56. The van der Waals surface area contributed by atoms with Crippen LogP contribution in [-0.4, -0.2) is 25.8 Å². The summed E-state index contributed by atoms with van der Waals surface area (Å²) in [6.07, 6.45) is 4.63. The fourth-order valence-electron chi connectivity index (χ4n) is 1.34. The highest BCUT2D eigenvalue weighted by molar-refractivity contribution is 7.84. The Morgan fingerprint density at radius 1 is 1.71 bits per heavy atom. The van der Waals surface area contributed by atoms with Crippen molar-refractivity contribution in [3.05, 3.63) is 16.7 Å². The average Bonchev–Trinajstić information content (AvgIpc) is 2.41. The Labute approximate surface area is 92.0 Å². The van der Waals surface area contributed by atoms with Crippen LogP contribution in [0.5, 0.6) is 0 Å². The predicted octanol–water partition coefficient (Wildman–Crippen LogP) is 2.18. The van der Waals surface area contributed by atoms with E-state index in [9.17, 15) is 4.21 Å². The number of H-pyrrole nitrogens is 1. The van der Waals surface area contributed by atoms with Gasteiger partial charge in [-0.05, 0) is 32.5 Å². The molecule has 80 valence electrons. The predicted molar refractivity (Wildman–Crippen MR) is 62.6 cm³/mol. The van der Waals surface area contributed by atoms with Crippen molar-refractivity contribution >= 4 is 23.0 Å². The van der Waals surface area contributed by atoms with Crippen LogP contribution in [0.2, 0.25) is 0 Å². The third kappa shape index (κ3) is 3.06. The molecule has 0 aromatic carbocycles. The summed E-state index contributed by atoms with van der Waals surface area (Å²) in [5.41, 5.74) is 1.07. The Morgan fingerprint density at radius 2 is 2.36 bits per heavy atom. The Hall–Kier alpha value is -0.420. The molecule has 0 saturated carbocycles. The van der Waals surface area contributed by atoms with Gasteiger partial charge in [-0.2, -0.15) is 0 Å². The summed E-state index contributed by atoms with van der Waals surface area (Å²) >= 11 is 5.16. The molecular formula is C9H16N2OS2. The number of nitrogens with one attached hydrogen (secondary N) is 1. The van der Waals surface area contributed by atoms with Crippen LogP contribution in [0.25, 0.3) is 0 Å². The summed E-state index contributed by atoms with van der Waals surface area (Å²) in [7, 11) is -0.717. The van der Waals surface area contributed by atoms with Crippen molar-refractivity contribution in [2.24, 2.45) is 0 Å². The Morgan fingerprint density at radius 3 is 2.79 bits per heavy atom. The molecule has 0 spiro atoms. The van der Waals surface area contributed by atoms with Gasteiger partial charge in [0.15, 0.2) is 4.77 Å². The van der Waals surface area contributed by atoms with Crippen LogP contribution in [0, 0.1) is 11.7 Å². The van der Waals surface area contributed by atoms with Crippen molar-refractivity contribution in [3.63, 3.8) is 0 Å². The summed E-state index contributed by atoms with van der Waals surface area (Å²) in [6, 6.07) is 0.316. The van der Waals surface area contributed by atoms with E-state index in [0.29, 0.717) is 6.04 Å². The highest BCUT2D eigenvalue weighted by Gasteiger charge is 2.07. The molecule has 0 fully saturated rings. The van der Waals surface area contributed by atoms with Gasteiger partial charge in [0.2, 0.25) is 0 Å². The molecular weight excluding hydrogens is 216 g/mol. The monoisotopic (exact) mass is 232 g/mol. The molecule has 0 aliphatic rings. The first-order valence-electron chi connectivity index (χ1n) is 4.58. The number of aromatic nitrogens is 2. The summed E-state index contributed by atoms with van der Waals surface area (Å²) in [5, 5.41) is 0. The van der Waals surface area contributed by atoms with Crippen LogP contribution in [0.4, 0.5) is 0 Å². The standard InChI is InChI=1S/C9H16N2OS2/c1-7-6-11(9(13)10-7)8(2)4-5-14(3)12/h6,8H,4-5H2,1-3H3,(H,10,13). The van der Waals surface area contributed by atoms with Crippen LogP contribution in [-0.2, 0) is 10.8 Å². The molecule has 5 heteroatoms. The second-order valence-corrected chi connectivity index (χ2v) is 5.51. The average molecular weight is 232 g/mol. The van der Waals surface area contributed by atoms with Gasteiger partial charge in [0, 0.05) is 40.7 Å². The van der Waals surface area contributed by atoms with E-state index < -0.39 is 10.8 Å². The van der Waals surface area contributed by atoms with Gasteiger partial charge in [-0.1, -0.05) is 0 Å². The summed E-state index contributed by atoms with van der Waals surface area (Å²) in [5.74, 6) is 0.729. The summed E-state index contributed by atoms with van der Waals surface area (Å²) in [4.78, 5) is 3.08. The van der Waals surface area contributed by atoms with Crippen LogP contribution in [0.15, 0.2) is 6.20 Å². The van der Waals surface area contributed by atoms with E-state index in [2.05, 4.69) is 11.9 Å². The van der Waals surface area contributed by atoms with Crippen LogP contribution >= 0.6 is 12.2 Å². The zero-order chi connectivity index (χ0) is 10.7. The molecule has 14 heavy (non-hydrogen) atoms. The number of imidazole rings is 1. The summed E-state index contributed by atoms with van der Waals surface area (Å²) in [6.45, 7) is 4.08. The fourth-order valence-corrected chi connectivity index (χ4v) is 2.40. The van der Waals surface area contributed by atoms with E-state index in [-0.39, 0.29) is 0 Å². The topological polar surface area (TPSA) is 37.8 Å². The maximum atomic E-state index is 10.9. The van der Waals surface area contributed by atoms with Gasteiger partial charge in [-0.3, -0.25) is 4.21 Å². The van der Waals surface area contributed by atoms with E-state index in [1.54, 1.807) is 6.26 Å². The first kappa shape index (κ1) is 11.7. The number of hydrogen-bond acceptors (Lipinski definition) is 2. The van der Waals surface area contributed by atoms with Crippen molar-refractivity contribution in [2.75, 3.05) is 12.0 Å². The molecule has 1 N–H and O–H groups in total. The van der Waals surface area contributed by atoms with E-state index in [4.69, 9.17) is 12.2 Å². The normalized spacial score (nSPS) is 15.4. The highest BCUT2D eigenvalue weighted by Crippen LogP contribution is 2.12. The van der Waals surface area contributed by atoms with Gasteiger partial charge in [-0.25, -0.2) is 0 Å². The molecule has 0 aliphatic heterocycles. The molecule has 0 radical (unpaired) electrons. The zero-order valence-corrected chi connectivity index (χ0v) is 10.4. The zero-order valence-electron chi connectivity index (χ0n) is 8.74. The molecule has 0 aliphatic carbocycles. The largest absolute Gasteiger partial charge is 0.335 e. The lowest BCUT2D eigenvalue weighted by atomic mass is 10.2. The van der Waals surface area contributed by atoms with Crippen molar-refractivity contribution in [3.8, 4) is 0 Å².